The molecule has 0 aliphatic carbocycles. The molecule has 4 aromatic heterocycles. The number of hydrogen-bond donors (Lipinski definition) is 6. The van der Waals surface area contributed by atoms with Gasteiger partial charge in [-0.25, -0.2) is 0 Å². The van der Waals surface area contributed by atoms with Gasteiger partial charge in [-0.3, -0.25) is 24.6 Å². The summed E-state index contributed by atoms with van der Waals surface area (Å²) in [5, 5.41) is 19.4. The first-order valence-electron chi connectivity index (χ1n) is 15.8. The molecule has 4 heterocycles. The Morgan fingerprint density at radius 3 is 1.73 bits per heavy atom. The van der Waals surface area contributed by atoms with E-state index in [0.29, 0.717) is 58.2 Å². The Balaban J connectivity index is 1.21. The lowest BCUT2D eigenvalue weighted by molar-refractivity contribution is 0.0944. The minimum Gasteiger partial charge on any atom is -0.388 e. The van der Waals surface area contributed by atoms with Crippen LogP contribution in [0.25, 0.3) is 10.1 Å². The van der Waals surface area contributed by atoms with Crippen LogP contribution in [0.4, 0.5) is 22.7 Å². The van der Waals surface area contributed by atoms with Crippen LogP contribution in [-0.4, -0.2) is 74.6 Å². The van der Waals surface area contributed by atoms with Gasteiger partial charge in [-0.2, -0.15) is 0 Å². The number of hydrogen-bond acceptors (Lipinski definition) is 7. The van der Waals surface area contributed by atoms with Gasteiger partial charge in [-0.15, -0.1) is 34.5 Å². The fourth-order valence-electron chi connectivity index (χ4n) is 5.47. The number of alkyl halides is 2. The number of aryl methyl sites for hydroxylation is 3. The molecule has 14 nitrogen and oxygen atoms in total. The number of amides is 4. The van der Waals surface area contributed by atoms with Gasteiger partial charge in [0.15, 0.2) is 0 Å². The van der Waals surface area contributed by atoms with E-state index < -0.39 is 11.8 Å². The number of carbonyl (C=O) groups excluding carboxylic acids is 4. The van der Waals surface area contributed by atoms with Gasteiger partial charge in [0.2, 0.25) is 0 Å². The molecular formula is C34H38Cl2N10O4S. The first-order valence-corrected chi connectivity index (χ1v) is 17.7. The Morgan fingerprint density at radius 1 is 0.745 bits per heavy atom. The van der Waals surface area contributed by atoms with Crippen LogP contribution in [0.1, 0.15) is 47.6 Å². The Hall–Kier alpha value is -5.25. The van der Waals surface area contributed by atoms with Gasteiger partial charge >= 0.3 is 0 Å². The number of thiophene rings is 1. The molecule has 0 atom stereocenters. The van der Waals surface area contributed by atoms with E-state index in [1.807, 2.05) is 24.3 Å². The highest BCUT2D eigenvalue weighted by molar-refractivity contribution is 7.20. The van der Waals surface area contributed by atoms with E-state index in [0.717, 1.165) is 15.8 Å². The predicted octanol–water partition coefficient (Wildman–Crippen LogP) is 5.01. The molecule has 268 valence electrons. The summed E-state index contributed by atoms with van der Waals surface area (Å²) in [6, 6.07) is 12.5. The van der Waals surface area contributed by atoms with Crippen molar-refractivity contribution in [2.75, 3.05) is 52.2 Å². The standard InChI is InChI=1S/C34H38Cl2N10O4S/c1-43-17-21(14-25(43)31(47)39-9-6-30(37)38)40-32(48)26-15-22(18-44(26)2)41-33(49)27-16-23(19-45(27)3)42-34(50)29-13-20-12-24(4-5-28(20)51-29)46(10-7-35)11-8-36/h4-5,12-19H,6-11H2,1-3H3,(H3,37,38)(H,39,47)(H,40,48)(H,41,49)(H,42,50). The SMILES string of the molecule is Cn1cc(NC(=O)c2cc(NC(=O)c3cc(NC(=O)c4cc5cc(N(CCCl)CCCl)ccc5s4)cn3C)cn2C)cc1C(=O)NCCC(=N)N. The monoisotopic (exact) mass is 752 g/mol. The second kappa shape index (κ2) is 16.2. The minimum atomic E-state index is -0.448. The van der Waals surface area contributed by atoms with Crippen LogP contribution in [0, 0.1) is 5.41 Å². The Labute approximate surface area is 308 Å². The maximum Gasteiger partial charge on any atom is 0.272 e. The third kappa shape index (κ3) is 8.92. The molecule has 17 heteroatoms. The quantitative estimate of drug-likeness (QED) is 0.0496. The van der Waals surface area contributed by atoms with E-state index in [2.05, 4.69) is 26.2 Å². The highest BCUT2D eigenvalue weighted by Gasteiger charge is 2.20. The molecule has 0 bridgehead atoms. The van der Waals surface area contributed by atoms with Crippen molar-refractivity contribution in [2.24, 2.45) is 26.9 Å². The molecule has 0 spiro atoms. The number of benzene rings is 1. The summed E-state index contributed by atoms with van der Waals surface area (Å²) in [5.74, 6) is -0.640. The van der Waals surface area contributed by atoms with Crippen LogP contribution >= 0.6 is 34.5 Å². The molecule has 5 aromatic rings. The molecule has 5 rings (SSSR count). The van der Waals surface area contributed by atoms with E-state index in [-0.39, 0.29) is 36.3 Å². The van der Waals surface area contributed by atoms with Gasteiger partial charge in [-0.05, 0) is 47.9 Å². The van der Waals surface area contributed by atoms with Crippen LogP contribution < -0.4 is 31.9 Å². The van der Waals surface area contributed by atoms with Crippen LogP contribution in [0.2, 0.25) is 0 Å². The number of rotatable bonds is 15. The summed E-state index contributed by atoms with van der Waals surface area (Å²) in [4.78, 5) is 54.7. The van der Waals surface area contributed by atoms with Crippen molar-refractivity contribution in [1.82, 2.24) is 19.0 Å². The first-order chi connectivity index (χ1) is 24.4. The smallest absolute Gasteiger partial charge is 0.272 e. The number of carbonyl (C=O) groups is 4. The summed E-state index contributed by atoms with van der Waals surface area (Å²) >= 11 is 13.3. The summed E-state index contributed by atoms with van der Waals surface area (Å²) in [7, 11) is 5.04. The van der Waals surface area contributed by atoms with Crippen molar-refractivity contribution in [3.8, 4) is 0 Å². The van der Waals surface area contributed by atoms with E-state index >= 15 is 0 Å². The van der Waals surface area contributed by atoms with Crippen LogP contribution in [0.3, 0.4) is 0 Å². The van der Waals surface area contributed by atoms with Gasteiger partial charge in [0.25, 0.3) is 23.6 Å². The number of halogens is 2. The average molecular weight is 754 g/mol. The Bertz CT molecular complexity index is 2110. The lowest BCUT2D eigenvalue weighted by atomic mass is 10.2. The fraction of sp³-hybridized carbons (Fsp3) is 0.265. The molecule has 0 unspecified atom stereocenters. The second-order valence-corrected chi connectivity index (χ2v) is 13.6. The zero-order valence-corrected chi connectivity index (χ0v) is 30.5. The fourth-order valence-corrected chi connectivity index (χ4v) is 6.82. The number of nitrogens with one attached hydrogen (secondary N) is 5. The van der Waals surface area contributed by atoms with Crippen molar-refractivity contribution in [3.63, 3.8) is 0 Å². The Morgan fingerprint density at radius 2 is 1.24 bits per heavy atom. The van der Waals surface area contributed by atoms with Crippen LogP contribution in [-0.2, 0) is 21.1 Å². The summed E-state index contributed by atoms with van der Waals surface area (Å²) in [6.07, 6.45) is 5.09. The zero-order chi connectivity index (χ0) is 36.8. The topological polar surface area (TPSA) is 184 Å². The molecule has 0 saturated heterocycles. The molecule has 7 N–H and O–H groups in total. The van der Waals surface area contributed by atoms with Crippen molar-refractivity contribution < 1.29 is 19.2 Å². The average Bonchev–Trinajstić information content (AvgIpc) is 3.85. The third-order valence-electron chi connectivity index (χ3n) is 7.96. The van der Waals surface area contributed by atoms with E-state index in [9.17, 15) is 19.2 Å². The normalized spacial score (nSPS) is 11.0. The van der Waals surface area contributed by atoms with Crippen molar-refractivity contribution in [2.45, 2.75) is 6.42 Å². The maximum absolute atomic E-state index is 13.3. The Kier molecular flexibility index (Phi) is 11.7. The number of amidine groups is 1. The largest absolute Gasteiger partial charge is 0.388 e. The molecule has 0 fully saturated rings. The summed E-state index contributed by atoms with van der Waals surface area (Å²) in [5.41, 5.74) is 8.43. The molecule has 0 radical (unpaired) electrons. The van der Waals surface area contributed by atoms with Crippen molar-refractivity contribution in [3.05, 3.63) is 83.0 Å². The van der Waals surface area contributed by atoms with Crippen molar-refractivity contribution >= 4 is 96.8 Å². The highest BCUT2D eigenvalue weighted by atomic mass is 35.5. The third-order valence-corrected chi connectivity index (χ3v) is 9.42. The highest BCUT2D eigenvalue weighted by Crippen LogP contribution is 2.30. The summed E-state index contributed by atoms with van der Waals surface area (Å²) in [6.45, 7) is 1.54. The number of aromatic nitrogens is 3. The maximum atomic E-state index is 13.3. The van der Waals surface area contributed by atoms with E-state index in [4.69, 9.17) is 34.3 Å². The number of nitrogens with two attached hydrogens (primary N) is 1. The van der Waals surface area contributed by atoms with Gasteiger partial charge in [-0.1, -0.05) is 0 Å². The first kappa shape index (κ1) is 37.0. The molecular weight excluding hydrogens is 715 g/mol. The van der Waals surface area contributed by atoms with Crippen molar-refractivity contribution in [1.29, 1.82) is 5.41 Å². The van der Waals surface area contributed by atoms with Crippen LogP contribution in [0.15, 0.2) is 61.1 Å². The van der Waals surface area contributed by atoms with Crippen LogP contribution in [0.5, 0.6) is 0 Å². The molecule has 0 aliphatic rings. The molecule has 0 aliphatic heterocycles. The zero-order valence-electron chi connectivity index (χ0n) is 28.2. The molecule has 4 amide bonds. The minimum absolute atomic E-state index is 0.0290. The van der Waals surface area contributed by atoms with E-state index in [1.54, 1.807) is 59.5 Å². The number of fused-ring (bicyclic) bond motifs is 1. The van der Waals surface area contributed by atoms with Gasteiger partial charge < -0.3 is 45.6 Å². The number of nitrogens with zero attached hydrogens (tertiary/aromatic N) is 4. The van der Waals surface area contributed by atoms with Gasteiger partial charge in [0.1, 0.15) is 17.1 Å². The molecule has 1 aromatic carbocycles. The molecule has 51 heavy (non-hydrogen) atoms. The summed E-state index contributed by atoms with van der Waals surface area (Å²) < 4.78 is 5.71. The van der Waals surface area contributed by atoms with Gasteiger partial charge in [0.05, 0.1) is 27.8 Å². The van der Waals surface area contributed by atoms with Gasteiger partial charge in [0, 0.05) is 87.9 Å². The number of anilines is 4. The predicted molar refractivity (Wildman–Crippen MR) is 204 cm³/mol. The second-order valence-electron chi connectivity index (χ2n) is 11.8. The lowest BCUT2D eigenvalue weighted by Crippen LogP contribution is -2.28. The lowest BCUT2D eigenvalue weighted by Gasteiger charge is -2.22. The molecule has 0 saturated carbocycles. The van der Waals surface area contributed by atoms with E-state index in [1.165, 1.54) is 23.5 Å².